The predicted octanol–water partition coefficient (Wildman–Crippen LogP) is 3.51. The van der Waals surface area contributed by atoms with Crippen molar-refractivity contribution in [3.8, 4) is 5.88 Å². The van der Waals surface area contributed by atoms with E-state index in [2.05, 4.69) is 28.9 Å². The monoisotopic (exact) mass is 344 g/mol. The molecule has 2 aliphatic rings. The van der Waals surface area contributed by atoms with Crippen molar-refractivity contribution in [3.05, 3.63) is 46.3 Å². The Hall–Kier alpha value is -1.43. The SMILES string of the molecule is Cc1ccc(CN2CCO[C@@H]3C[C@H](COc4ccccn4)C[C@@H]32)s1. The molecule has 0 radical (unpaired) electrons. The highest BCUT2D eigenvalue weighted by Gasteiger charge is 2.41. The van der Waals surface area contributed by atoms with E-state index in [1.807, 2.05) is 29.5 Å². The molecule has 3 atom stereocenters. The quantitative estimate of drug-likeness (QED) is 0.831. The van der Waals surface area contributed by atoms with Gasteiger partial charge in [0.05, 0.1) is 19.3 Å². The molecule has 0 bridgehead atoms. The van der Waals surface area contributed by atoms with Gasteiger partial charge >= 0.3 is 0 Å². The van der Waals surface area contributed by atoms with E-state index < -0.39 is 0 Å². The number of fused-ring (bicyclic) bond motifs is 1. The Morgan fingerprint density at radius 3 is 3.04 bits per heavy atom. The van der Waals surface area contributed by atoms with Crippen LogP contribution in [0.15, 0.2) is 36.5 Å². The van der Waals surface area contributed by atoms with Gasteiger partial charge in [-0.05, 0) is 43.9 Å². The highest BCUT2D eigenvalue weighted by molar-refractivity contribution is 7.11. The van der Waals surface area contributed by atoms with E-state index in [1.54, 1.807) is 6.20 Å². The molecule has 2 aromatic heterocycles. The molecule has 1 aliphatic carbocycles. The first-order chi connectivity index (χ1) is 11.8. The number of hydrogen-bond donors (Lipinski definition) is 0. The van der Waals surface area contributed by atoms with E-state index in [1.165, 1.54) is 9.75 Å². The smallest absolute Gasteiger partial charge is 0.213 e. The lowest BCUT2D eigenvalue weighted by atomic mass is 10.1. The van der Waals surface area contributed by atoms with Gasteiger partial charge in [0.2, 0.25) is 5.88 Å². The topological polar surface area (TPSA) is 34.6 Å². The number of thiophene rings is 1. The minimum atomic E-state index is 0.358. The second-order valence-electron chi connectivity index (χ2n) is 6.78. The molecule has 0 amide bonds. The van der Waals surface area contributed by atoms with Crippen molar-refractivity contribution in [2.75, 3.05) is 19.8 Å². The van der Waals surface area contributed by atoms with Crippen molar-refractivity contribution in [1.29, 1.82) is 0 Å². The fourth-order valence-corrected chi connectivity index (χ4v) is 4.78. The lowest BCUT2D eigenvalue weighted by Crippen LogP contribution is -2.47. The summed E-state index contributed by atoms with van der Waals surface area (Å²) in [6.45, 7) is 5.85. The first-order valence-corrected chi connectivity index (χ1v) is 9.54. The minimum Gasteiger partial charge on any atom is -0.477 e. The maximum atomic E-state index is 6.05. The first-order valence-electron chi connectivity index (χ1n) is 8.73. The van der Waals surface area contributed by atoms with Gasteiger partial charge < -0.3 is 9.47 Å². The molecule has 2 aromatic rings. The lowest BCUT2D eigenvalue weighted by molar-refractivity contribution is -0.0587. The summed E-state index contributed by atoms with van der Waals surface area (Å²) in [5.41, 5.74) is 0. The molecule has 4 rings (SSSR count). The maximum Gasteiger partial charge on any atom is 0.213 e. The van der Waals surface area contributed by atoms with E-state index in [9.17, 15) is 0 Å². The largest absolute Gasteiger partial charge is 0.477 e. The summed E-state index contributed by atoms with van der Waals surface area (Å²) in [6, 6.07) is 10.8. The number of aromatic nitrogens is 1. The Kier molecular flexibility index (Phi) is 4.83. The molecule has 1 aliphatic heterocycles. The van der Waals surface area contributed by atoms with Crippen molar-refractivity contribution >= 4 is 11.3 Å². The Bertz CT molecular complexity index is 660. The van der Waals surface area contributed by atoms with Crippen LogP contribution in [0, 0.1) is 12.8 Å². The van der Waals surface area contributed by atoms with Gasteiger partial charge in [-0.2, -0.15) is 0 Å². The van der Waals surface area contributed by atoms with Crippen LogP contribution in [0.4, 0.5) is 0 Å². The number of hydrogen-bond acceptors (Lipinski definition) is 5. The van der Waals surface area contributed by atoms with Crippen molar-refractivity contribution in [1.82, 2.24) is 9.88 Å². The van der Waals surface area contributed by atoms with Gasteiger partial charge in [0.15, 0.2) is 0 Å². The normalized spacial score (nSPS) is 27.1. The van der Waals surface area contributed by atoms with E-state index in [4.69, 9.17) is 9.47 Å². The summed E-state index contributed by atoms with van der Waals surface area (Å²) < 4.78 is 11.9. The number of morpholine rings is 1. The lowest BCUT2D eigenvalue weighted by Gasteiger charge is -2.37. The second kappa shape index (κ2) is 7.21. The van der Waals surface area contributed by atoms with Crippen molar-refractivity contribution in [2.45, 2.75) is 38.5 Å². The molecule has 0 spiro atoms. The molecule has 1 saturated carbocycles. The van der Waals surface area contributed by atoms with Gasteiger partial charge in [0.1, 0.15) is 0 Å². The number of ether oxygens (including phenoxy) is 2. The van der Waals surface area contributed by atoms with Crippen LogP contribution in [0.2, 0.25) is 0 Å². The molecule has 128 valence electrons. The van der Waals surface area contributed by atoms with Crippen LogP contribution in [0.25, 0.3) is 0 Å². The van der Waals surface area contributed by atoms with E-state index >= 15 is 0 Å². The Balaban J connectivity index is 1.35. The minimum absolute atomic E-state index is 0.358. The third-order valence-electron chi connectivity index (χ3n) is 5.01. The molecule has 0 unspecified atom stereocenters. The summed E-state index contributed by atoms with van der Waals surface area (Å²) in [5.74, 6) is 1.27. The highest BCUT2D eigenvalue weighted by atomic mass is 32.1. The van der Waals surface area contributed by atoms with Crippen molar-refractivity contribution < 1.29 is 9.47 Å². The fourth-order valence-electron chi connectivity index (χ4n) is 3.86. The van der Waals surface area contributed by atoms with Gasteiger partial charge in [-0.3, -0.25) is 4.90 Å². The zero-order valence-electron chi connectivity index (χ0n) is 14.1. The first kappa shape index (κ1) is 16.1. The van der Waals surface area contributed by atoms with Crippen LogP contribution < -0.4 is 4.74 Å². The zero-order valence-corrected chi connectivity index (χ0v) is 14.9. The summed E-state index contributed by atoms with van der Waals surface area (Å²) in [4.78, 5) is 9.70. The standard InChI is InChI=1S/C19H24N2O2S/c1-14-5-6-16(24-14)12-21-8-9-22-18-11-15(10-17(18)21)13-23-19-4-2-3-7-20-19/h2-7,15,17-18H,8-13H2,1H3/t15-,17+,18-/m1/s1. The molecule has 5 heteroatoms. The van der Waals surface area contributed by atoms with Gasteiger partial charge in [-0.1, -0.05) is 6.07 Å². The van der Waals surface area contributed by atoms with Crippen LogP contribution in [0.1, 0.15) is 22.6 Å². The highest BCUT2D eigenvalue weighted by Crippen LogP contribution is 2.35. The maximum absolute atomic E-state index is 6.05. The Labute approximate surface area is 147 Å². The number of rotatable bonds is 5. The molecule has 0 aromatic carbocycles. The van der Waals surface area contributed by atoms with E-state index in [-0.39, 0.29) is 0 Å². The third-order valence-corrected chi connectivity index (χ3v) is 5.99. The van der Waals surface area contributed by atoms with Crippen LogP contribution in [-0.4, -0.2) is 41.8 Å². The molecular weight excluding hydrogens is 320 g/mol. The van der Waals surface area contributed by atoms with Crippen LogP contribution in [0.3, 0.4) is 0 Å². The Morgan fingerprint density at radius 1 is 1.29 bits per heavy atom. The van der Waals surface area contributed by atoms with Gasteiger partial charge in [-0.25, -0.2) is 4.98 Å². The van der Waals surface area contributed by atoms with Crippen LogP contribution in [0.5, 0.6) is 5.88 Å². The average molecular weight is 344 g/mol. The third kappa shape index (κ3) is 3.63. The fraction of sp³-hybridized carbons (Fsp3) is 0.526. The molecule has 4 nitrogen and oxygen atoms in total. The van der Waals surface area contributed by atoms with Crippen molar-refractivity contribution in [3.63, 3.8) is 0 Å². The van der Waals surface area contributed by atoms with Gasteiger partial charge in [0.25, 0.3) is 0 Å². The average Bonchev–Trinajstić information content (AvgIpc) is 3.20. The van der Waals surface area contributed by atoms with Gasteiger partial charge in [0, 0.05) is 41.1 Å². The van der Waals surface area contributed by atoms with Gasteiger partial charge in [-0.15, -0.1) is 11.3 Å². The number of aryl methyl sites for hydroxylation is 1. The Morgan fingerprint density at radius 2 is 2.25 bits per heavy atom. The van der Waals surface area contributed by atoms with Crippen LogP contribution >= 0.6 is 11.3 Å². The molecule has 0 N–H and O–H groups in total. The molecule has 3 heterocycles. The van der Waals surface area contributed by atoms with Crippen molar-refractivity contribution in [2.24, 2.45) is 5.92 Å². The summed E-state index contributed by atoms with van der Waals surface area (Å²) in [6.07, 6.45) is 4.38. The summed E-state index contributed by atoms with van der Waals surface area (Å²) >= 11 is 1.91. The predicted molar refractivity (Wildman–Crippen MR) is 95.5 cm³/mol. The zero-order chi connectivity index (χ0) is 16.4. The number of pyridine rings is 1. The van der Waals surface area contributed by atoms with E-state index in [0.29, 0.717) is 18.1 Å². The number of nitrogens with zero attached hydrogens (tertiary/aromatic N) is 2. The molecule has 1 saturated heterocycles. The van der Waals surface area contributed by atoms with Crippen LogP contribution in [-0.2, 0) is 11.3 Å². The summed E-state index contributed by atoms with van der Waals surface area (Å²) in [5, 5.41) is 0. The van der Waals surface area contributed by atoms with E-state index in [0.717, 1.165) is 45.0 Å². The molecular formula is C19H24N2O2S. The second-order valence-corrected chi connectivity index (χ2v) is 8.15. The summed E-state index contributed by atoms with van der Waals surface area (Å²) in [7, 11) is 0. The molecule has 2 fully saturated rings. The molecule has 24 heavy (non-hydrogen) atoms.